The van der Waals surface area contributed by atoms with E-state index < -0.39 is 0 Å². The van der Waals surface area contributed by atoms with E-state index in [-0.39, 0.29) is 5.82 Å². The quantitative estimate of drug-likeness (QED) is 0.881. The van der Waals surface area contributed by atoms with Crippen LogP contribution < -0.4 is 10.2 Å². The summed E-state index contributed by atoms with van der Waals surface area (Å²) < 4.78 is 13.9. The number of hydrogen-bond donors (Lipinski definition) is 1. The molecular formula is C15H21FN2. The number of nitrogens with one attached hydrogen (secondary N) is 1. The van der Waals surface area contributed by atoms with E-state index in [1.54, 1.807) is 12.1 Å². The molecule has 2 aliphatic rings. The predicted octanol–water partition coefficient (Wildman–Crippen LogP) is 2.71. The lowest BCUT2D eigenvalue weighted by Gasteiger charge is -2.21. The van der Waals surface area contributed by atoms with Gasteiger partial charge in [-0.1, -0.05) is 12.1 Å². The van der Waals surface area contributed by atoms with Crippen molar-refractivity contribution >= 4 is 5.69 Å². The number of aryl methyl sites for hydroxylation is 1. The highest BCUT2D eigenvalue weighted by Gasteiger charge is 2.27. The summed E-state index contributed by atoms with van der Waals surface area (Å²) in [6.07, 6.45) is 3.85. The van der Waals surface area contributed by atoms with Crippen molar-refractivity contribution in [3.8, 4) is 0 Å². The number of nitrogens with zero attached hydrogens (tertiary/aromatic N) is 1. The second kappa shape index (κ2) is 4.88. The highest BCUT2D eigenvalue weighted by molar-refractivity contribution is 5.55. The number of para-hydroxylation sites is 1. The van der Waals surface area contributed by atoms with Gasteiger partial charge in [-0.2, -0.15) is 0 Å². The van der Waals surface area contributed by atoms with E-state index in [1.807, 2.05) is 13.0 Å². The Bertz CT molecular complexity index is 408. The van der Waals surface area contributed by atoms with Gasteiger partial charge in [0.2, 0.25) is 0 Å². The average Bonchev–Trinajstić information content (AvgIpc) is 3.06. The Balaban J connectivity index is 1.63. The van der Waals surface area contributed by atoms with Crippen LogP contribution in [-0.2, 0) is 0 Å². The summed E-state index contributed by atoms with van der Waals surface area (Å²) in [5.74, 6) is 0.593. The molecule has 2 fully saturated rings. The smallest absolute Gasteiger partial charge is 0.146 e. The Labute approximate surface area is 108 Å². The third-order valence-corrected chi connectivity index (χ3v) is 4.06. The van der Waals surface area contributed by atoms with Gasteiger partial charge >= 0.3 is 0 Å². The third-order valence-electron chi connectivity index (χ3n) is 4.06. The minimum absolute atomic E-state index is 0.0780. The van der Waals surface area contributed by atoms with Crippen LogP contribution in [-0.4, -0.2) is 25.7 Å². The van der Waals surface area contributed by atoms with Crippen LogP contribution in [0.3, 0.4) is 0 Å². The van der Waals surface area contributed by atoms with Crippen molar-refractivity contribution in [2.75, 3.05) is 24.5 Å². The van der Waals surface area contributed by atoms with Gasteiger partial charge in [0.25, 0.3) is 0 Å². The second-order valence-electron chi connectivity index (χ2n) is 5.69. The maximum absolute atomic E-state index is 13.9. The van der Waals surface area contributed by atoms with E-state index in [9.17, 15) is 4.39 Å². The van der Waals surface area contributed by atoms with Crippen molar-refractivity contribution in [2.45, 2.75) is 32.2 Å². The van der Waals surface area contributed by atoms with Crippen LogP contribution in [0.1, 0.15) is 24.8 Å². The molecule has 1 saturated carbocycles. The molecule has 1 aliphatic heterocycles. The maximum Gasteiger partial charge on any atom is 0.146 e. The molecule has 0 bridgehead atoms. The SMILES string of the molecule is Cc1cccc(F)c1N1CCC(CNC2CC2)C1. The molecule has 1 atom stereocenters. The summed E-state index contributed by atoms with van der Waals surface area (Å²) in [4.78, 5) is 2.21. The Morgan fingerprint density at radius 3 is 2.89 bits per heavy atom. The molecule has 1 aromatic carbocycles. The van der Waals surface area contributed by atoms with Crippen LogP contribution in [0.2, 0.25) is 0 Å². The molecule has 2 nitrogen and oxygen atoms in total. The minimum atomic E-state index is -0.0780. The summed E-state index contributed by atoms with van der Waals surface area (Å²) in [6.45, 7) is 5.06. The molecule has 1 N–H and O–H groups in total. The fraction of sp³-hybridized carbons (Fsp3) is 0.600. The Kier molecular flexibility index (Phi) is 3.25. The van der Waals surface area contributed by atoms with Crippen molar-refractivity contribution in [1.29, 1.82) is 0 Å². The summed E-state index contributed by atoms with van der Waals surface area (Å²) >= 11 is 0. The monoisotopic (exact) mass is 248 g/mol. The predicted molar refractivity (Wildman–Crippen MR) is 72.5 cm³/mol. The fourth-order valence-corrected chi connectivity index (χ4v) is 2.85. The molecule has 0 aromatic heterocycles. The van der Waals surface area contributed by atoms with Crippen molar-refractivity contribution in [1.82, 2.24) is 5.32 Å². The number of hydrogen-bond acceptors (Lipinski definition) is 2. The van der Waals surface area contributed by atoms with Crippen LogP contribution in [0.15, 0.2) is 18.2 Å². The summed E-state index contributed by atoms with van der Waals surface area (Å²) in [7, 11) is 0. The van der Waals surface area contributed by atoms with E-state index in [1.165, 1.54) is 19.3 Å². The molecule has 1 aliphatic carbocycles. The Hall–Kier alpha value is -1.09. The first-order valence-electron chi connectivity index (χ1n) is 6.97. The number of rotatable bonds is 4. The molecule has 3 heteroatoms. The Morgan fingerprint density at radius 2 is 2.17 bits per heavy atom. The highest BCUT2D eigenvalue weighted by Crippen LogP contribution is 2.29. The summed E-state index contributed by atoms with van der Waals surface area (Å²) in [6, 6.07) is 6.12. The third kappa shape index (κ3) is 2.51. The van der Waals surface area contributed by atoms with E-state index >= 15 is 0 Å². The topological polar surface area (TPSA) is 15.3 Å². The Morgan fingerprint density at radius 1 is 1.33 bits per heavy atom. The molecule has 1 saturated heterocycles. The lowest BCUT2D eigenvalue weighted by molar-refractivity contribution is 0.514. The van der Waals surface area contributed by atoms with Crippen molar-refractivity contribution in [3.63, 3.8) is 0 Å². The molecule has 0 radical (unpaired) electrons. The highest BCUT2D eigenvalue weighted by atomic mass is 19.1. The van der Waals surface area contributed by atoms with Gasteiger partial charge in [0.1, 0.15) is 5.82 Å². The van der Waals surface area contributed by atoms with Gasteiger partial charge in [-0.3, -0.25) is 0 Å². The van der Waals surface area contributed by atoms with Gasteiger partial charge in [-0.05, 0) is 50.3 Å². The molecule has 98 valence electrons. The zero-order valence-corrected chi connectivity index (χ0v) is 11.0. The molecule has 0 spiro atoms. The van der Waals surface area contributed by atoms with Crippen LogP contribution in [0.4, 0.5) is 10.1 Å². The number of halogens is 1. The molecular weight excluding hydrogens is 227 g/mol. The van der Waals surface area contributed by atoms with Crippen molar-refractivity contribution in [2.24, 2.45) is 5.92 Å². The van der Waals surface area contributed by atoms with E-state index in [0.29, 0.717) is 5.92 Å². The minimum Gasteiger partial charge on any atom is -0.369 e. The van der Waals surface area contributed by atoms with E-state index in [2.05, 4.69) is 10.2 Å². The van der Waals surface area contributed by atoms with E-state index in [0.717, 1.165) is 36.9 Å². The van der Waals surface area contributed by atoms with Crippen LogP contribution >= 0.6 is 0 Å². The van der Waals surface area contributed by atoms with Gasteiger partial charge in [-0.15, -0.1) is 0 Å². The summed E-state index contributed by atoms with van der Waals surface area (Å²) in [5, 5.41) is 3.58. The van der Waals surface area contributed by atoms with Crippen LogP contribution in [0, 0.1) is 18.7 Å². The normalized spacial score (nSPS) is 23.7. The van der Waals surface area contributed by atoms with Gasteiger partial charge in [0.05, 0.1) is 5.69 Å². The molecule has 0 amide bonds. The lowest BCUT2D eigenvalue weighted by Crippen LogP contribution is -2.28. The van der Waals surface area contributed by atoms with E-state index in [4.69, 9.17) is 0 Å². The zero-order valence-electron chi connectivity index (χ0n) is 11.0. The fourth-order valence-electron chi connectivity index (χ4n) is 2.85. The van der Waals surface area contributed by atoms with Gasteiger partial charge in [0.15, 0.2) is 0 Å². The molecule has 3 rings (SSSR count). The number of benzene rings is 1. The maximum atomic E-state index is 13.9. The average molecular weight is 248 g/mol. The zero-order chi connectivity index (χ0) is 12.5. The molecule has 1 unspecified atom stereocenters. The largest absolute Gasteiger partial charge is 0.369 e. The van der Waals surface area contributed by atoms with Gasteiger partial charge < -0.3 is 10.2 Å². The van der Waals surface area contributed by atoms with Crippen LogP contribution in [0.25, 0.3) is 0 Å². The summed E-state index contributed by atoms with van der Waals surface area (Å²) in [5.41, 5.74) is 1.86. The number of anilines is 1. The van der Waals surface area contributed by atoms with Crippen molar-refractivity contribution < 1.29 is 4.39 Å². The molecule has 1 heterocycles. The first-order chi connectivity index (χ1) is 8.74. The molecule has 1 aromatic rings. The van der Waals surface area contributed by atoms with Gasteiger partial charge in [0, 0.05) is 19.1 Å². The van der Waals surface area contributed by atoms with Crippen molar-refractivity contribution in [3.05, 3.63) is 29.6 Å². The second-order valence-corrected chi connectivity index (χ2v) is 5.69. The van der Waals surface area contributed by atoms with Crippen LogP contribution in [0.5, 0.6) is 0 Å². The first kappa shape index (κ1) is 12.0. The van der Waals surface area contributed by atoms with Gasteiger partial charge in [-0.25, -0.2) is 4.39 Å². The lowest BCUT2D eigenvalue weighted by atomic mass is 10.1. The standard InChI is InChI=1S/C15H21FN2/c1-11-3-2-4-14(16)15(11)18-8-7-12(10-18)9-17-13-5-6-13/h2-4,12-13,17H,5-10H2,1H3. The first-order valence-corrected chi connectivity index (χ1v) is 6.97. The molecule has 18 heavy (non-hydrogen) atoms.